The fourth-order valence-corrected chi connectivity index (χ4v) is 1.39. The number of rotatable bonds is 6. The molecule has 112 valence electrons. The number of benzene rings is 1. The van der Waals surface area contributed by atoms with Crippen LogP contribution in [0.4, 0.5) is 0 Å². The van der Waals surface area contributed by atoms with Gasteiger partial charge in [-0.05, 0) is 18.6 Å². The monoisotopic (exact) mass is 290 g/mol. The molecule has 0 bridgehead atoms. The maximum atomic E-state index is 11.4. The Kier molecular flexibility index (Phi) is 6.82. The predicted molar refractivity (Wildman–Crippen MR) is 76.8 cm³/mol. The number of para-hydroxylation sites is 1. The summed E-state index contributed by atoms with van der Waals surface area (Å²) in [5, 5.41) is 8.96. The lowest BCUT2D eigenvalue weighted by molar-refractivity contribution is -0.147. The van der Waals surface area contributed by atoms with Crippen LogP contribution in [0.5, 0.6) is 5.75 Å². The first kappa shape index (κ1) is 16.6. The molecule has 5 nitrogen and oxygen atoms in total. The standard InChI is InChI=1S/C16H18O5/c1-3-12(2)16(19)21-11-7-6-10-20-14-9-5-4-8-13(14)15(17)18/h4-5,8-9,12H,3,7,11H2,1-2H3,(H,17,18). The average Bonchev–Trinajstić information content (AvgIpc) is 2.49. The molecule has 1 rings (SSSR count). The minimum atomic E-state index is -1.07. The molecule has 0 amide bonds. The topological polar surface area (TPSA) is 72.8 Å². The molecule has 0 spiro atoms. The van der Waals surface area contributed by atoms with Crippen LogP contribution >= 0.6 is 0 Å². The van der Waals surface area contributed by atoms with E-state index in [0.29, 0.717) is 6.42 Å². The number of aromatic carboxylic acids is 1. The van der Waals surface area contributed by atoms with Gasteiger partial charge in [0.15, 0.2) is 5.75 Å². The Morgan fingerprint density at radius 2 is 2.05 bits per heavy atom. The van der Waals surface area contributed by atoms with Gasteiger partial charge in [-0.15, -0.1) is 0 Å². The summed E-state index contributed by atoms with van der Waals surface area (Å²) in [6.45, 7) is 3.92. The van der Waals surface area contributed by atoms with Gasteiger partial charge < -0.3 is 14.6 Å². The third-order valence-corrected chi connectivity index (χ3v) is 2.84. The number of hydrogen-bond acceptors (Lipinski definition) is 4. The summed E-state index contributed by atoms with van der Waals surface area (Å²) in [4.78, 5) is 22.3. The second-order valence-electron chi connectivity index (χ2n) is 4.41. The van der Waals surface area contributed by atoms with Crippen LogP contribution in [0.3, 0.4) is 0 Å². The lowest BCUT2D eigenvalue weighted by atomic mass is 10.1. The molecule has 0 heterocycles. The summed E-state index contributed by atoms with van der Waals surface area (Å²) in [7, 11) is 0. The SMILES string of the molecule is CCC(C)C(=O)OCCC#COc1ccccc1C(=O)O. The Bertz CT molecular complexity index is 553. The van der Waals surface area contributed by atoms with Gasteiger partial charge in [-0.1, -0.05) is 31.9 Å². The van der Waals surface area contributed by atoms with E-state index in [2.05, 4.69) is 12.0 Å². The first-order chi connectivity index (χ1) is 10.1. The quantitative estimate of drug-likeness (QED) is 0.495. The summed E-state index contributed by atoms with van der Waals surface area (Å²) in [6.07, 6.45) is 3.48. The Morgan fingerprint density at radius 3 is 2.71 bits per heavy atom. The van der Waals surface area contributed by atoms with Crippen molar-refractivity contribution >= 4 is 11.9 Å². The Labute approximate surface area is 123 Å². The zero-order chi connectivity index (χ0) is 15.7. The smallest absolute Gasteiger partial charge is 0.339 e. The van der Waals surface area contributed by atoms with Gasteiger partial charge in [0.2, 0.25) is 0 Å². The number of carboxylic acid groups (broad SMARTS) is 1. The van der Waals surface area contributed by atoms with Crippen LogP contribution in [0, 0.1) is 17.9 Å². The maximum Gasteiger partial charge on any atom is 0.339 e. The zero-order valence-corrected chi connectivity index (χ0v) is 12.1. The fraction of sp³-hybridized carbons (Fsp3) is 0.375. The van der Waals surface area contributed by atoms with Crippen LogP contribution < -0.4 is 4.74 Å². The number of carbonyl (C=O) groups excluding carboxylic acids is 1. The van der Waals surface area contributed by atoms with Gasteiger partial charge in [0, 0.05) is 6.42 Å². The molecule has 0 aliphatic heterocycles. The molecule has 1 N–H and O–H groups in total. The van der Waals surface area contributed by atoms with Crippen molar-refractivity contribution in [2.45, 2.75) is 26.7 Å². The number of esters is 1. The highest BCUT2D eigenvalue weighted by molar-refractivity contribution is 5.90. The van der Waals surface area contributed by atoms with Gasteiger partial charge >= 0.3 is 11.9 Å². The normalized spacial score (nSPS) is 11.0. The molecular weight excluding hydrogens is 272 g/mol. The summed E-state index contributed by atoms with van der Waals surface area (Å²) < 4.78 is 10.1. The van der Waals surface area contributed by atoms with Crippen LogP contribution in [0.2, 0.25) is 0 Å². The Morgan fingerprint density at radius 1 is 1.33 bits per heavy atom. The molecule has 1 aromatic rings. The molecule has 0 aromatic heterocycles. The van der Waals surface area contributed by atoms with E-state index in [0.717, 1.165) is 6.42 Å². The van der Waals surface area contributed by atoms with Crippen molar-refractivity contribution in [3.05, 3.63) is 29.8 Å². The van der Waals surface area contributed by atoms with E-state index in [4.69, 9.17) is 14.6 Å². The third kappa shape index (κ3) is 5.57. The molecule has 1 unspecified atom stereocenters. The Balaban J connectivity index is 2.41. The van der Waals surface area contributed by atoms with Crippen molar-refractivity contribution in [1.82, 2.24) is 0 Å². The van der Waals surface area contributed by atoms with Gasteiger partial charge in [0.25, 0.3) is 0 Å². The van der Waals surface area contributed by atoms with Crippen molar-refractivity contribution in [2.75, 3.05) is 6.61 Å². The van der Waals surface area contributed by atoms with Crippen LogP contribution in [-0.2, 0) is 9.53 Å². The van der Waals surface area contributed by atoms with E-state index in [1.165, 1.54) is 12.1 Å². The molecule has 0 aliphatic rings. The van der Waals surface area contributed by atoms with Crippen LogP contribution in [-0.4, -0.2) is 23.7 Å². The van der Waals surface area contributed by atoms with Crippen molar-refractivity contribution in [3.8, 4) is 17.8 Å². The molecule has 0 fully saturated rings. The lowest BCUT2D eigenvalue weighted by Crippen LogP contribution is -2.14. The van der Waals surface area contributed by atoms with Gasteiger partial charge in [-0.3, -0.25) is 4.79 Å². The van der Waals surface area contributed by atoms with Gasteiger partial charge in [-0.2, -0.15) is 0 Å². The zero-order valence-electron chi connectivity index (χ0n) is 12.1. The van der Waals surface area contributed by atoms with Crippen molar-refractivity contribution in [3.63, 3.8) is 0 Å². The van der Waals surface area contributed by atoms with Gasteiger partial charge in [-0.25, -0.2) is 4.79 Å². The molecule has 5 heteroatoms. The maximum absolute atomic E-state index is 11.4. The van der Waals surface area contributed by atoms with Gasteiger partial charge in [0.05, 0.1) is 5.92 Å². The Hall–Kier alpha value is -2.48. The van der Waals surface area contributed by atoms with Crippen LogP contribution in [0.15, 0.2) is 24.3 Å². The number of ether oxygens (including phenoxy) is 2. The number of carbonyl (C=O) groups is 2. The van der Waals surface area contributed by atoms with E-state index in [9.17, 15) is 9.59 Å². The third-order valence-electron chi connectivity index (χ3n) is 2.84. The first-order valence-electron chi connectivity index (χ1n) is 6.70. The predicted octanol–water partition coefficient (Wildman–Crippen LogP) is 2.70. The van der Waals surface area contributed by atoms with Crippen LogP contribution in [0.25, 0.3) is 0 Å². The van der Waals surface area contributed by atoms with Crippen LogP contribution in [0.1, 0.15) is 37.0 Å². The molecule has 21 heavy (non-hydrogen) atoms. The molecular formula is C16H18O5. The second-order valence-corrected chi connectivity index (χ2v) is 4.41. The molecule has 0 aliphatic carbocycles. The number of carboxylic acids is 1. The molecule has 1 atom stereocenters. The minimum Gasteiger partial charge on any atom is -0.478 e. The van der Waals surface area contributed by atoms with Crippen molar-refractivity contribution < 1.29 is 24.2 Å². The minimum absolute atomic E-state index is 0.0509. The first-order valence-corrected chi connectivity index (χ1v) is 6.70. The van der Waals surface area contributed by atoms with E-state index in [1.807, 2.05) is 6.92 Å². The van der Waals surface area contributed by atoms with Crippen molar-refractivity contribution in [1.29, 1.82) is 0 Å². The molecule has 0 radical (unpaired) electrons. The summed E-state index contributed by atoms with van der Waals surface area (Å²) in [5.41, 5.74) is 0.0509. The highest BCUT2D eigenvalue weighted by atomic mass is 16.5. The summed E-state index contributed by atoms with van der Waals surface area (Å²) in [6, 6.07) is 6.24. The summed E-state index contributed by atoms with van der Waals surface area (Å²) >= 11 is 0. The van der Waals surface area contributed by atoms with E-state index >= 15 is 0 Å². The van der Waals surface area contributed by atoms with E-state index < -0.39 is 5.97 Å². The van der Waals surface area contributed by atoms with E-state index in [1.54, 1.807) is 19.1 Å². The largest absolute Gasteiger partial charge is 0.478 e. The highest BCUT2D eigenvalue weighted by Crippen LogP contribution is 2.17. The molecule has 0 saturated heterocycles. The lowest BCUT2D eigenvalue weighted by Gasteiger charge is -2.07. The fourth-order valence-electron chi connectivity index (χ4n) is 1.39. The second kappa shape index (κ2) is 8.64. The molecule has 1 aromatic carbocycles. The summed E-state index contributed by atoms with van der Waals surface area (Å²) in [5.74, 6) is 1.43. The highest BCUT2D eigenvalue weighted by Gasteiger charge is 2.11. The van der Waals surface area contributed by atoms with Crippen molar-refractivity contribution in [2.24, 2.45) is 5.92 Å². The van der Waals surface area contributed by atoms with Gasteiger partial charge in [0.1, 0.15) is 18.3 Å². The average molecular weight is 290 g/mol. The molecule has 0 saturated carbocycles. The van der Waals surface area contributed by atoms with E-state index in [-0.39, 0.29) is 29.8 Å². The number of hydrogen-bond donors (Lipinski definition) is 1.